The van der Waals surface area contributed by atoms with Gasteiger partial charge in [-0.1, -0.05) is 27.7 Å². The minimum atomic E-state index is -0.402. The molecule has 1 aliphatic rings. The van der Waals surface area contributed by atoms with Crippen molar-refractivity contribution in [2.45, 2.75) is 47.1 Å². The van der Waals surface area contributed by atoms with Crippen LogP contribution in [0.2, 0.25) is 0 Å². The van der Waals surface area contributed by atoms with Gasteiger partial charge in [-0.3, -0.25) is 4.79 Å². The van der Waals surface area contributed by atoms with Gasteiger partial charge in [0.1, 0.15) is 11.6 Å². The Morgan fingerprint density at radius 2 is 1.88 bits per heavy atom. The molecule has 132 valence electrons. The highest BCUT2D eigenvalue weighted by Crippen LogP contribution is 2.31. The van der Waals surface area contributed by atoms with Gasteiger partial charge in [0, 0.05) is 42.5 Å². The number of hydrogen-bond acceptors (Lipinski definition) is 4. The lowest BCUT2D eigenvalue weighted by Gasteiger charge is -2.34. The molecule has 2 aromatic rings. The van der Waals surface area contributed by atoms with Crippen LogP contribution in [0.25, 0.3) is 11.3 Å². The minimum Gasteiger partial charge on any atom is -0.508 e. The van der Waals surface area contributed by atoms with Crippen LogP contribution in [0.4, 0.5) is 0 Å². The summed E-state index contributed by atoms with van der Waals surface area (Å²) in [7, 11) is 0. The molecular weight excluding hydrogens is 314 g/mol. The number of carbonyl (C=O) groups excluding carboxylic acids is 1. The number of hydrogen-bond donors (Lipinski definition) is 1. The summed E-state index contributed by atoms with van der Waals surface area (Å²) in [6.07, 6.45) is 1.51. The van der Waals surface area contributed by atoms with E-state index < -0.39 is 5.41 Å². The van der Waals surface area contributed by atoms with Crippen molar-refractivity contribution in [1.82, 2.24) is 14.9 Å². The average Bonchev–Trinajstić information content (AvgIpc) is 2.59. The van der Waals surface area contributed by atoms with Crippen LogP contribution in [0.3, 0.4) is 0 Å². The van der Waals surface area contributed by atoms with Crippen LogP contribution in [0.1, 0.15) is 44.8 Å². The SMILES string of the molecule is CCc1nc2c(c(-c3ccc(O)cc3)n1)CN(C(=O)C(C)(C)C)CC2. The van der Waals surface area contributed by atoms with Gasteiger partial charge in [-0.05, 0) is 24.3 Å². The molecule has 1 amide bonds. The molecule has 0 unspecified atom stereocenters. The van der Waals surface area contributed by atoms with E-state index in [2.05, 4.69) is 0 Å². The van der Waals surface area contributed by atoms with Gasteiger partial charge >= 0.3 is 0 Å². The molecule has 1 aliphatic heterocycles. The molecule has 0 saturated carbocycles. The maximum atomic E-state index is 12.7. The smallest absolute Gasteiger partial charge is 0.228 e. The number of benzene rings is 1. The quantitative estimate of drug-likeness (QED) is 0.911. The Morgan fingerprint density at radius 3 is 2.48 bits per heavy atom. The van der Waals surface area contributed by atoms with Crippen molar-refractivity contribution in [2.75, 3.05) is 6.54 Å². The summed E-state index contributed by atoms with van der Waals surface area (Å²) in [5.74, 6) is 1.19. The Morgan fingerprint density at radius 1 is 1.20 bits per heavy atom. The van der Waals surface area contributed by atoms with Gasteiger partial charge in [0.2, 0.25) is 5.91 Å². The van der Waals surface area contributed by atoms with Crippen LogP contribution in [-0.2, 0) is 24.2 Å². The zero-order valence-corrected chi connectivity index (χ0v) is 15.3. The number of carbonyl (C=O) groups is 1. The zero-order valence-electron chi connectivity index (χ0n) is 15.3. The number of phenols is 1. The zero-order chi connectivity index (χ0) is 18.2. The third-order valence-electron chi connectivity index (χ3n) is 4.49. The molecule has 0 fully saturated rings. The highest BCUT2D eigenvalue weighted by atomic mass is 16.3. The van der Waals surface area contributed by atoms with Crippen LogP contribution in [0, 0.1) is 5.41 Å². The lowest BCUT2D eigenvalue weighted by Crippen LogP contribution is -2.43. The predicted octanol–water partition coefficient (Wildman–Crippen LogP) is 3.34. The summed E-state index contributed by atoms with van der Waals surface area (Å²) < 4.78 is 0. The molecule has 0 bridgehead atoms. The van der Waals surface area contributed by atoms with E-state index in [1.807, 2.05) is 44.7 Å². The molecular formula is C20H25N3O2. The molecule has 1 aromatic heterocycles. The first-order chi connectivity index (χ1) is 11.8. The standard InChI is InChI=1S/C20H25N3O2/c1-5-17-21-16-10-11-23(19(25)20(2,3)4)12-15(16)18(22-17)13-6-8-14(24)9-7-13/h6-9,24H,5,10-12H2,1-4H3. The molecule has 2 heterocycles. The first kappa shape index (κ1) is 17.4. The van der Waals surface area contributed by atoms with Crippen LogP contribution in [0.15, 0.2) is 24.3 Å². The molecule has 25 heavy (non-hydrogen) atoms. The van der Waals surface area contributed by atoms with Crippen molar-refractivity contribution < 1.29 is 9.90 Å². The molecule has 0 saturated heterocycles. The summed E-state index contributed by atoms with van der Waals surface area (Å²) in [5, 5.41) is 9.56. The molecule has 3 rings (SSSR count). The summed E-state index contributed by atoms with van der Waals surface area (Å²) >= 11 is 0. The van der Waals surface area contributed by atoms with Crippen LogP contribution >= 0.6 is 0 Å². The van der Waals surface area contributed by atoms with E-state index in [1.165, 1.54) is 0 Å². The highest BCUT2D eigenvalue weighted by Gasteiger charge is 2.31. The van der Waals surface area contributed by atoms with Gasteiger partial charge in [-0.15, -0.1) is 0 Å². The van der Waals surface area contributed by atoms with Gasteiger partial charge in [0.15, 0.2) is 0 Å². The van der Waals surface area contributed by atoms with Gasteiger partial charge in [0.25, 0.3) is 0 Å². The lowest BCUT2D eigenvalue weighted by atomic mass is 9.92. The summed E-state index contributed by atoms with van der Waals surface area (Å²) in [5.41, 5.74) is 3.46. The fraction of sp³-hybridized carbons (Fsp3) is 0.450. The largest absolute Gasteiger partial charge is 0.508 e. The van der Waals surface area contributed by atoms with E-state index in [9.17, 15) is 9.90 Å². The topological polar surface area (TPSA) is 66.3 Å². The van der Waals surface area contributed by atoms with E-state index in [0.717, 1.165) is 41.2 Å². The molecule has 5 nitrogen and oxygen atoms in total. The Labute approximate surface area is 148 Å². The first-order valence-corrected chi connectivity index (χ1v) is 8.77. The summed E-state index contributed by atoms with van der Waals surface area (Å²) in [6.45, 7) is 9.11. The maximum absolute atomic E-state index is 12.7. The lowest BCUT2D eigenvalue weighted by molar-refractivity contribution is -0.140. The molecule has 0 atom stereocenters. The fourth-order valence-corrected chi connectivity index (χ4v) is 3.13. The molecule has 0 radical (unpaired) electrons. The second kappa shape index (κ2) is 6.47. The molecule has 1 aromatic carbocycles. The van der Waals surface area contributed by atoms with E-state index in [4.69, 9.17) is 9.97 Å². The Bertz CT molecular complexity index is 792. The number of aromatic nitrogens is 2. The van der Waals surface area contributed by atoms with Crippen LogP contribution in [0.5, 0.6) is 5.75 Å². The van der Waals surface area contributed by atoms with Crippen molar-refractivity contribution in [1.29, 1.82) is 0 Å². The van der Waals surface area contributed by atoms with Gasteiger partial charge in [0.05, 0.1) is 11.4 Å². The highest BCUT2D eigenvalue weighted by molar-refractivity contribution is 5.82. The average molecular weight is 339 g/mol. The monoisotopic (exact) mass is 339 g/mol. The predicted molar refractivity (Wildman–Crippen MR) is 97.1 cm³/mol. The number of phenolic OH excluding ortho intramolecular Hbond substituents is 1. The molecule has 0 aliphatic carbocycles. The van der Waals surface area contributed by atoms with Crippen molar-refractivity contribution in [3.63, 3.8) is 0 Å². The van der Waals surface area contributed by atoms with Crippen molar-refractivity contribution >= 4 is 5.91 Å². The summed E-state index contributed by atoms with van der Waals surface area (Å²) in [6, 6.07) is 7.05. The van der Waals surface area contributed by atoms with Crippen molar-refractivity contribution in [3.05, 3.63) is 41.3 Å². The number of fused-ring (bicyclic) bond motifs is 1. The minimum absolute atomic E-state index is 0.148. The van der Waals surface area contributed by atoms with E-state index >= 15 is 0 Å². The van der Waals surface area contributed by atoms with E-state index in [0.29, 0.717) is 13.1 Å². The number of aromatic hydroxyl groups is 1. The van der Waals surface area contributed by atoms with Crippen molar-refractivity contribution in [2.24, 2.45) is 5.41 Å². The first-order valence-electron chi connectivity index (χ1n) is 8.77. The van der Waals surface area contributed by atoms with Crippen molar-refractivity contribution in [3.8, 4) is 17.0 Å². The molecule has 1 N–H and O–H groups in total. The van der Waals surface area contributed by atoms with Crippen LogP contribution < -0.4 is 0 Å². The Balaban J connectivity index is 2.05. The number of rotatable bonds is 2. The van der Waals surface area contributed by atoms with E-state index in [-0.39, 0.29) is 11.7 Å². The van der Waals surface area contributed by atoms with Gasteiger partial charge in [-0.2, -0.15) is 0 Å². The number of amides is 1. The second-order valence-electron chi connectivity index (χ2n) is 7.54. The van der Waals surface area contributed by atoms with Gasteiger partial charge in [-0.25, -0.2) is 9.97 Å². The Hall–Kier alpha value is -2.43. The van der Waals surface area contributed by atoms with E-state index in [1.54, 1.807) is 12.1 Å². The summed E-state index contributed by atoms with van der Waals surface area (Å²) in [4.78, 5) is 24.0. The molecule has 5 heteroatoms. The molecule has 0 spiro atoms. The number of nitrogens with zero attached hydrogens (tertiary/aromatic N) is 3. The van der Waals surface area contributed by atoms with Crippen LogP contribution in [-0.4, -0.2) is 32.4 Å². The normalized spacial score (nSPS) is 14.3. The number of aryl methyl sites for hydroxylation is 1. The fourth-order valence-electron chi connectivity index (χ4n) is 3.13. The third-order valence-corrected chi connectivity index (χ3v) is 4.49. The maximum Gasteiger partial charge on any atom is 0.228 e. The Kier molecular flexibility index (Phi) is 4.50. The van der Waals surface area contributed by atoms with Gasteiger partial charge < -0.3 is 10.0 Å². The third kappa shape index (κ3) is 3.50. The second-order valence-corrected chi connectivity index (χ2v) is 7.54.